The molecule has 0 unspecified atom stereocenters. The highest BCUT2D eigenvalue weighted by atomic mass is 16.5. The number of hydrogen-bond donors (Lipinski definition) is 2. The lowest BCUT2D eigenvalue weighted by atomic mass is 10.1. The molecule has 9 heteroatoms. The highest BCUT2D eigenvalue weighted by Gasteiger charge is 2.22. The predicted molar refractivity (Wildman–Crippen MR) is 116 cm³/mol. The number of nitrogens with one attached hydrogen (secondary N) is 1. The molecule has 2 N–H and O–H groups in total. The number of aryl methyl sites for hydroxylation is 1. The number of pyridine rings is 2. The Morgan fingerprint density at radius 2 is 2.00 bits per heavy atom. The van der Waals surface area contributed by atoms with Crippen LogP contribution in [-0.2, 0) is 11.3 Å². The van der Waals surface area contributed by atoms with Crippen molar-refractivity contribution in [3.05, 3.63) is 48.0 Å². The third kappa shape index (κ3) is 5.36. The Hall–Kier alpha value is -3.49. The summed E-state index contributed by atoms with van der Waals surface area (Å²) in [6.07, 6.45) is 11.0. The molecule has 1 fully saturated rings. The first-order valence-corrected chi connectivity index (χ1v) is 10.5. The van der Waals surface area contributed by atoms with Crippen LogP contribution in [0, 0.1) is 0 Å². The first-order chi connectivity index (χ1) is 15.0. The maximum absolute atomic E-state index is 12.2. The molecule has 3 aromatic rings. The standard InChI is InChI=1S/C16H22N4O2.C6H5NO2/c1-3-20-15-12(10-18-20)14(19-11-7-5-6-8-11)13(9-17-15)16(21)22-4-2;8-6(9)5-2-1-3-7-4-5/h9-11H,3-8H2,1-2H3,(H,17,19);1-4H,(H,8,9). The van der Waals surface area contributed by atoms with E-state index in [0.717, 1.165) is 36.1 Å². The zero-order valence-electron chi connectivity index (χ0n) is 17.7. The van der Waals surface area contributed by atoms with Crippen LogP contribution in [0.25, 0.3) is 11.0 Å². The molecule has 0 aromatic carbocycles. The molecular weight excluding hydrogens is 398 g/mol. The van der Waals surface area contributed by atoms with Crippen molar-refractivity contribution in [2.24, 2.45) is 0 Å². The lowest BCUT2D eigenvalue weighted by Crippen LogP contribution is -2.18. The molecule has 0 aliphatic heterocycles. The number of ether oxygens (including phenoxy) is 1. The Morgan fingerprint density at radius 3 is 2.58 bits per heavy atom. The summed E-state index contributed by atoms with van der Waals surface area (Å²) >= 11 is 0. The van der Waals surface area contributed by atoms with Crippen LogP contribution in [0.5, 0.6) is 0 Å². The molecule has 9 nitrogen and oxygen atoms in total. The van der Waals surface area contributed by atoms with E-state index in [2.05, 4.69) is 20.4 Å². The zero-order valence-corrected chi connectivity index (χ0v) is 17.7. The fourth-order valence-corrected chi connectivity index (χ4v) is 3.54. The van der Waals surface area contributed by atoms with Crippen molar-refractivity contribution >= 4 is 28.7 Å². The monoisotopic (exact) mass is 425 g/mol. The number of carboxylic acid groups (broad SMARTS) is 1. The number of aromatic nitrogens is 4. The molecule has 1 aliphatic carbocycles. The molecule has 0 radical (unpaired) electrons. The van der Waals surface area contributed by atoms with E-state index in [9.17, 15) is 9.59 Å². The van der Waals surface area contributed by atoms with E-state index in [-0.39, 0.29) is 11.5 Å². The first kappa shape index (κ1) is 22.2. The van der Waals surface area contributed by atoms with Crippen molar-refractivity contribution in [3.63, 3.8) is 0 Å². The second-order valence-electron chi connectivity index (χ2n) is 7.14. The van der Waals surface area contributed by atoms with Crippen LogP contribution in [-0.4, -0.2) is 49.4 Å². The van der Waals surface area contributed by atoms with Gasteiger partial charge in [0.25, 0.3) is 0 Å². The summed E-state index contributed by atoms with van der Waals surface area (Å²) in [6, 6.07) is 3.49. The van der Waals surface area contributed by atoms with Crippen LogP contribution in [0.1, 0.15) is 60.2 Å². The van der Waals surface area contributed by atoms with Gasteiger partial charge in [-0.3, -0.25) is 4.98 Å². The fraction of sp³-hybridized carbons (Fsp3) is 0.409. The quantitative estimate of drug-likeness (QED) is 0.573. The topological polar surface area (TPSA) is 119 Å². The van der Waals surface area contributed by atoms with Gasteiger partial charge in [-0.05, 0) is 38.8 Å². The second kappa shape index (κ2) is 10.5. The fourth-order valence-electron chi connectivity index (χ4n) is 3.54. The summed E-state index contributed by atoms with van der Waals surface area (Å²) in [6.45, 7) is 4.94. The molecule has 1 saturated carbocycles. The van der Waals surface area contributed by atoms with Gasteiger partial charge in [-0.25, -0.2) is 19.3 Å². The van der Waals surface area contributed by atoms with Gasteiger partial charge in [-0.2, -0.15) is 5.10 Å². The number of carbonyl (C=O) groups is 2. The lowest BCUT2D eigenvalue weighted by Gasteiger charge is -2.17. The van der Waals surface area contributed by atoms with Crippen LogP contribution in [0.15, 0.2) is 36.9 Å². The van der Waals surface area contributed by atoms with Crippen LogP contribution in [0.4, 0.5) is 5.69 Å². The van der Waals surface area contributed by atoms with Gasteiger partial charge in [0.1, 0.15) is 5.56 Å². The molecular formula is C22H27N5O4. The van der Waals surface area contributed by atoms with Crippen LogP contribution in [0.2, 0.25) is 0 Å². The number of carbonyl (C=O) groups excluding carboxylic acids is 1. The SMILES string of the molecule is CCOC(=O)c1cnc2c(cnn2CC)c1NC1CCCC1.O=C(O)c1cccnc1. The maximum Gasteiger partial charge on any atom is 0.341 e. The van der Waals surface area contributed by atoms with Crippen molar-refractivity contribution in [2.75, 3.05) is 11.9 Å². The molecule has 31 heavy (non-hydrogen) atoms. The van der Waals surface area contributed by atoms with E-state index in [1.54, 1.807) is 18.5 Å². The average Bonchev–Trinajstić information content (AvgIpc) is 3.45. The molecule has 3 aromatic heterocycles. The van der Waals surface area contributed by atoms with Gasteiger partial charge < -0.3 is 15.2 Å². The summed E-state index contributed by atoms with van der Waals surface area (Å²) in [5.41, 5.74) is 2.33. The second-order valence-corrected chi connectivity index (χ2v) is 7.14. The highest BCUT2D eigenvalue weighted by molar-refractivity contribution is 6.04. The number of esters is 1. The van der Waals surface area contributed by atoms with Gasteiger partial charge in [0.2, 0.25) is 0 Å². The van der Waals surface area contributed by atoms with Gasteiger partial charge in [-0.1, -0.05) is 12.8 Å². The van der Waals surface area contributed by atoms with Crippen molar-refractivity contribution in [1.29, 1.82) is 0 Å². The van der Waals surface area contributed by atoms with E-state index in [1.165, 1.54) is 31.3 Å². The van der Waals surface area contributed by atoms with Crippen molar-refractivity contribution < 1.29 is 19.4 Å². The summed E-state index contributed by atoms with van der Waals surface area (Å²) in [7, 11) is 0. The Bertz CT molecular complexity index is 1030. The minimum absolute atomic E-state index is 0.220. The normalized spacial score (nSPS) is 13.5. The van der Waals surface area contributed by atoms with Crippen LogP contribution >= 0.6 is 0 Å². The molecule has 0 saturated heterocycles. The first-order valence-electron chi connectivity index (χ1n) is 10.5. The largest absolute Gasteiger partial charge is 0.478 e. The van der Waals surface area contributed by atoms with E-state index in [0.29, 0.717) is 18.2 Å². The minimum atomic E-state index is -0.942. The number of hydrogen-bond acceptors (Lipinski definition) is 7. The summed E-state index contributed by atoms with van der Waals surface area (Å²) in [5.74, 6) is -1.27. The number of rotatable bonds is 6. The molecule has 0 atom stereocenters. The van der Waals surface area contributed by atoms with Gasteiger partial charge >= 0.3 is 11.9 Å². The average molecular weight is 425 g/mol. The number of anilines is 1. The Kier molecular flexibility index (Phi) is 7.53. The third-order valence-electron chi connectivity index (χ3n) is 5.07. The number of nitrogens with zero attached hydrogens (tertiary/aromatic N) is 4. The summed E-state index contributed by atoms with van der Waals surface area (Å²) < 4.78 is 7.01. The van der Waals surface area contributed by atoms with Crippen LogP contribution in [0.3, 0.4) is 0 Å². The van der Waals surface area contributed by atoms with Crippen molar-refractivity contribution in [3.8, 4) is 0 Å². The zero-order chi connectivity index (χ0) is 22.2. The highest BCUT2D eigenvalue weighted by Crippen LogP contribution is 2.30. The minimum Gasteiger partial charge on any atom is -0.478 e. The predicted octanol–water partition coefficient (Wildman–Crippen LogP) is 3.76. The van der Waals surface area contributed by atoms with Gasteiger partial charge in [-0.15, -0.1) is 0 Å². The smallest absolute Gasteiger partial charge is 0.341 e. The Balaban J connectivity index is 0.000000254. The molecule has 0 spiro atoms. The van der Waals surface area contributed by atoms with E-state index >= 15 is 0 Å². The number of fused-ring (bicyclic) bond motifs is 1. The molecule has 0 bridgehead atoms. The van der Waals surface area contributed by atoms with Gasteiger partial charge in [0, 0.05) is 31.2 Å². The summed E-state index contributed by atoms with van der Waals surface area (Å²) in [4.78, 5) is 30.4. The summed E-state index contributed by atoms with van der Waals surface area (Å²) in [5, 5.41) is 17.1. The van der Waals surface area contributed by atoms with Crippen molar-refractivity contribution in [1.82, 2.24) is 19.7 Å². The number of carboxylic acids is 1. The van der Waals surface area contributed by atoms with E-state index < -0.39 is 5.97 Å². The van der Waals surface area contributed by atoms with Crippen molar-refractivity contribution in [2.45, 2.75) is 52.1 Å². The molecule has 3 heterocycles. The molecule has 4 rings (SSSR count). The Morgan fingerprint density at radius 1 is 1.23 bits per heavy atom. The van der Waals surface area contributed by atoms with Gasteiger partial charge in [0.15, 0.2) is 5.65 Å². The van der Waals surface area contributed by atoms with E-state index in [4.69, 9.17) is 9.84 Å². The van der Waals surface area contributed by atoms with Crippen LogP contribution < -0.4 is 5.32 Å². The molecule has 1 aliphatic rings. The number of aromatic carboxylic acids is 1. The molecule has 164 valence electrons. The maximum atomic E-state index is 12.2. The van der Waals surface area contributed by atoms with E-state index in [1.807, 2.05) is 18.5 Å². The molecule has 0 amide bonds. The Labute approximate surface area is 180 Å². The lowest BCUT2D eigenvalue weighted by molar-refractivity contribution is 0.0526. The third-order valence-corrected chi connectivity index (χ3v) is 5.07. The van der Waals surface area contributed by atoms with Gasteiger partial charge in [0.05, 0.1) is 29.4 Å².